The lowest BCUT2D eigenvalue weighted by atomic mass is 9.78. The number of rotatable bonds is 3. The molecular formula is C15H20FNO. The van der Waals surface area contributed by atoms with Gasteiger partial charge >= 0.3 is 0 Å². The lowest BCUT2D eigenvalue weighted by molar-refractivity contribution is 0.0873. The summed E-state index contributed by atoms with van der Waals surface area (Å²) < 4.78 is 13.0. The van der Waals surface area contributed by atoms with Crippen molar-refractivity contribution in [3.8, 4) is 0 Å². The van der Waals surface area contributed by atoms with Crippen LogP contribution in [0.2, 0.25) is 0 Å². The maximum Gasteiger partial charge on any atom is 0.166 e. The van der Waals surface area contributed by atoms with Crippen LogP contribution in [-0.2, 0) is 0 Å². The summed E-state index contributed by atoms with van der Waals surface area (Å²) in [5.41, 5.74) is 7.06. The number of aryl methyl sites for hydroxylation is 1. The zero-order chi connectivity index (χ0) is 13.1. The van der Waals surface area contributed by atoms with E-state index < -0.39 is 0 Å². The minimum Gasteiger partial charge on any atom is -0.330 e. The molecule has 0 unspecified atom stereocenters. The molecule has 0 heterocycles. The van der Waals surface area contributed by atoms with Gasteiger partial charge in [-0.2, -0.15) is 0 Å². The number of hydrogen-bond acceptors (Lipinski definition) is 2. The van der Waals surface area contributed by atoms with Gasteiger partial charge in [0.1, 0.15) is 5.82 Å². The van der Waals surface area contributed by atoms with Gasteiger partial charge in [0.25, 0.3) is 0 Å². The number of halogens is 1. The fraction of sp³-hybridized carbons (Fsp3) is 0.533. The van der Waals surface area contributed by atoms with E-state index in [0.717, 1.165) is 37.8 Å². The van der Waals surface area contributed by atoms with E-state index in [-0.39, 0.29) is 17.5 Å². The molecule has 3 heteroatoms. The highest BCUT2D eigenvalue weighted by atomic mass is 19.1. The molecule has 1 aromatic rings. The Bertz CT molecular complexity index is 436. The molecule has 98 valence electrons. The molecule has 0 saturated heterocycles. The molecule has 0 spiro atoms. The van der Waals surface area contributed by atoms with Crippen molar-refractivity contribution >= 4 is 5.78 Å². The normalized spacial score (nSPS) is 23.9. The summed E-state index contributed by atoms with van der Waals surface area (Å²) in [6.07, 6.45) is 3.90. The number of Topliss-reactive ketones (excluding diaryl/α,β-unsaturated/α-hetero) is 1. The molecule has 2 nitrogen and oxygen atoms in total. The van der Waals surface area contributed by atoms with E-state index in [1.807, 2.05) is 0 Å². The zero-order valence-electron chi connectivity index (χ0n) is 10.8. The van der Waals surface area contributed by atoms with Crippen LogP contribution in [-0.4, -0.2) is 12.3 Å². The first-order valence-electron chi connectivity index (χ1n) is 6.62. The summed E-state index contributed by atoms with van der Waals surface area (Å²) in [5.74, 6) is 0.555. The van der Waals surface area contributed by atoms with Gasteiger partial charge in [-0.1, -0.05) is 0 Å². The molecule has 0 radical (unpaired) electrons. The van der Waals surface area contributed by atoms with E-state index in [1.165, 1.54) is 12.1 Å². The maximum atomic E-state index is 13.0. The first kappa shape index (κ1) is 13.2. The second-order valence-electron chi connectivity index (χ2n) is 5.28. The molecule has 1 aliphatic carbocycles. The second-order valence-corrected chi connectivity index (χ2v) is 5.28. The Labute approximate surface area is 107 Å². The fourth-order valence-electron chi connectivity index (χ4n) is 2.78. The van der Waals surface area contributed by atoms with Gasteiger partial charge in [-0.25, -0.2) is 4.39 Å². The van der Waals surface area contributed by atoms with E-state index in [2.05, 4.69) is 0 Å². The topological polar surface area (TPSA) is 43.1 Å². The third kappa shape index (κ3) is 2.78. The number of carbonyl (C=O) groups is 1. The first-order chi connectivity index (χ1) is 8.61. The number of ketones is 1. The Morgan fingerprint density at radius 2 is 2.00 bits per heavy atom. The van der Waals surface area contributed by atoms with Crippen LogP contribution in [0.5, 0.6) is 0 Å². The Morgan fingerprint density at radius 1 is 1.33 bits per heavy atom. The average Bonchev–Trinajstić information content (AvgIpc) is 2.38. The van der Waals surface area contributed by atoms with Crippen LogP contribution < -0.4 is 5.73 Å². The summed E-state index contributed by atoms with van der Waals surface area (Å²) in [6, 6.07) is 4.41. The van der Waals surface area contributed by atoms with Crippen molar-refractivity contribution in [1.82, 2.24) is 0 Å². The highest BCUT2D eigenvalue weighted by molar-refractivity contribution is 5.99. The van der Waals surface area contributed by atoms with Crippen LogP contribution in [0.4, 0.5) is 4.39 Å². The van der Waals surface area contributed by atoms with Crippen molar-refractivity contribution in [1.29, 1.82) is 0 Å². The molecule has 0 aromatic heterocycles. The van der Waals surface area contributed by atoms with Gasteiger partial charge in [-0.3, -0.25) is 4.79 Å². The minimum atomic E-state index is -0.282. The Balaban J connectivity index is 2.08. The Kier molecular flexibility index (Phi) is 4.12. The number of nitrogens with two attached hydrogens (primary N) is 1. The van der Waals surface area contributed by atoms with Crippen LogP contribution in [0.15, 0.2) is 18.2 Å². The molecule has 1 aliphatic rings. The van der Waals surface area contributed by atoms with Gasteiger partial charge in [0.05, 0.1) is 0 Å². The van der Waals surface area contributed by atoms with Crippen LogP contribution in [0.1, 0.15) is 41.6 Å². The Morgan fingerprint density at radius 3 is 2.56 bits per heavy atom. The standard InChI is InChI=1S/C15H20FNO/c1-10-8-13(16)6-7-14(10)15(18)12-4-2-11(9-17)3-5-12/h6-8,11-12H,2-5,9,17H2,1H3. The van der Waals surface area contributed by atoms with E-state index in [0.29, 0.717) is 11.5 Å². The monoisotopic (exact) mass is 249 g/mol. The van der Waals surface area contributed by atoms with Gasteiger partial charge in [0.15, 0.2) is 5.78 Å². The molecule has 0 bridgehead atoms. The molecule has 1 aromatic carbocycles. The van der Waals surface area contributed by atoms with Crippen molar-refractivity contribution in [2.24, 2.45) is 17.6 Å². The molecule has 18 heavy (non-hydrogen) atoms. The fourth-order valence-corrected chi connectivity index (χ4v) is 2.78. The number of carbonyl (C=O) groups excluding carboxylic acids is 1. The highest BCUT2D eigenvalue weighted by Gasteiger charge is 2.27. The van der Waals surface area contributed by atoms with Crippen LogP contribution in [0.25, 0.3) is 0 Å². The van der Waals surface area contributed by atoms with E-state index in [9.17, 15) is 9.18 Å². The molecule has 1 fully saturated rings. The lowest BCUT2D eigenvalue weighted by Gasteiger charge is -2.27. The van der Waals surface area contributed by atoms with Crippen molar-refractivity contribution in [2.75, 3.05) is 6.54 Å². The summed E-state index contributed by atoms with van der Waals surface area (Å²) in [5, 5.41) is 0. The summed E-state index contributed by atoms with van der Waals surface area (Å²) in [7, 11) is 0. The quantitative estimate of drug-likeness (QED) is 0.836. The first-order valence-corrected chi connectivity index (χ1v) is 6.62. The van der Waals surface area contributed by atoms with Gasteiger partial charge in [-0.05, 0) is 68.8 Å². The van der Waals surface area contributed by atoms with E-state index in [4.69, 9.17) is 5.73 Å². The predicted molar refractivity (Wildman–Crippen MR) is 70.0 cm³/mol. The molecule has 1 saturated carbocycles. The molecule has 0 aliphatic heterocycles. The third-order valence-electron chi connectivity index (χ3n) is 4.00. The largest absolute Gasteiger partial charge is 0.330 e. The van der Waals surface area contributed by atoms with Gasteiger partial charge in [0.2, 0.25) is 0 Å². The summed E-state index contributed by atoms with van der Waals surface area (Å²) in [6.45, 7) is 2.51. The number of hydrogen-bond donors (Lipinski definition) is 1. The van der Waals surface area contributed by atoms with Crippen molar-refractivity contribution in [2.45, 2.75) is 32.6 Å². The zero-order valence-corrected chi connectivity index (χ0v) is 10.8. The number of benzene rings is 1. The molecular weight excluding hydrogens is 229 g/mol. The lowest BCUT2D eigenvalue weighted by Crippen LogP contribution is -2.26. The molecule has 0 amide bonds. The van der Waals surface area contributed by atoms with Gasteiger partial charge in [-0.15, -0.1) is 0 Å². The van der Waals surface area contributed by atoms with Crippen molar-refractivity contribution in [3.63, 3.8) is 0 Å². The molecule has 2 N–H and O–H groups in total. The molecule has 0 atom stereocenters. The minimum absolute atomic E-state index is 0.0944. The maximum absolute atomic E-state index is 13.0. The van der Waals surface area contributed by atoms with Crippen molar-refractivity contribution in [3.05, 3.63) is 35.1 Å². The van der Waals surface area contributed by atoms with Gasteiger partial charge < -0.3 is 5.73 Å². The van der Waals surface area contributed by atoms with Crippen LogP contribution in [0, 0.1) is 24.6 Å². The second kappa shape index (κ2) is 5.61. The third-order valence-corrected chi connectivity index (χ3v) is 4.00. The molecule has 2 rings (SSSR count). The summed E-state index contributed by atoms with van der Waals surface area (Å²) >= 11 is 0. The Hall–Kier alpha value is -1.22. The van der Waals surface area contributed by atoms with Gasteiger partial charge in [0, 0.05) is 11.5 Å². The smallest absolute Gasteiger partial charge is 0.166 e. The predicted octanol–water partition coefficient (Wildman–Crippen LogP) is 3.08. The van der Waals surface area contributed by atoms with Crippen molar-refractivity contribution < 1.29 is 9.18 Å². The highest BCUT2D eigenvalue weighted by Crippen LogP contribution is 2.31. The van der Waals surface area contributed by atoms with E-state index >= 15 is 0 Å². The van der Waals surface area contributed by atoms with E-state index in [1.54, 1.807) is 13.0 Å². The summed E-state index contributed by atoms with van der Waals surface area (Å²) in [4.78, 5) is 12.4. The SMILES string of the molecule is Cc1cc(F)ccc1C(=O)C1CCC(CN)CC1. The van der Waals surface area contributed by atoms with Crippen LogP contribution >= 0.6 is 0 Å². The average molecular weight is 249 g/mol. The van der Waals surface area contributed by atoms with Crippen LogP contribution in [0.3, 0.4) is 0 Å².